The third-order valence-corrected chi connectivity index (χ3v) is 3.86. The number of aliphatic carboxylic acids is 1. The Morgan fingerprint density at radius 1 is 1.62 bits per heavy atom. The second-order valence-corrected chi connectivity index (χ2v) is 5.94. The highest BCUT2D eigenvalue weighted by atomic mass is 32.2. The number of nitrogens with one attached hydrogen (secondary N) is 1. The van der Waals surface area contributed by atoms with Crippen molar-refractivity contribution in [2.24, 2.45) is 0 Å². The minimum absolute atomic E-state index is 0.00241. The highest BCUT2D eigenvalue weighted by Crippen LogP contribution is 2.34. The van der Waals surface area contributed by atoms with E-state index in [9.17, 15) is 13.2 Å². The van der Waals surface area contributed by atoms with Crippen molar-refractivity contribution in [1.82, 2.24) is 5.32 Å². The second-order valence-electron chi connectivity index (χ2n) is 3.14. The minimum atomic E-state index is -2.37. The summed E-state index contributed by atoms with van der Waals surface area (Å²) in [5.74, 6) is -1.04. The molecule has 1 fully saturated rings. The predicted octanol–water partition coefficient (Wildman–Crippen LogP) is -0.479. The molecular formula is C6H9NO4S2. The lowest BCUT2D eigenvalue weighted by atomic mass is 10.0. The first-order valence-corrected chi connectivity index (χ1v) is 5.38. The summed E-state index contributed by atoms with van der Waals surface area (Å²) in [5.41, 5.74) is 0. The number of rotatable bonds is 1. The van der Waals surface area contributed by atoms with Gasteiger partial charge in [-0.25, -0.2) is 0 Å². The Bertz CT molecular complexity index is 362. The molecule has 1 rings (SSSR count). The van der Waals surface area contributed by atoms with E-state index in [1.807, 2.05) is 0 Å². The molecule has 7 heteroatoms. The first-order chi connectivity index (χ1) is 5.84. The lowest BCUT2D eigenvalue weighted by molar-refractivity contribution is -0.139. The van der Waals surface area contributed by atoms with Gasteiger partial charge < -0.3 is 5.11 Å². The molecule has 5 nitrogen and oxygen atoms in total. The Balaban J connectivity index is 3.06. The fourth-order valence-corrected chi connectivity index (χ4v) is 3.12. The van der Waals surface area contributed by atoms with Gasteiger partial charge in [0, 0.05) is 4.75 Å². The molecule has 1 heterocycles. The maximum absolute atomic E-state index is 10.7. The lowest BCUT2D eigenvalue weighted by Crippen LogP contribution is -2.44. The number of hydrogen-bond acceptors (Lipinski definition) is 4. The van der Waals surface area contributed by atoms with Gasteiger partial charge in [-0.2, -0.15) is 8.42 Å². The van der Waals surface area contributed by atoms with Crippen LogP contribution in [0.3, 0.4) is 0 Å². The normalized spacial score (nSPS) is 26.0. The Morgan fingerprint density at radius 2 is 2.15 bits per heavy atom. The van der Waals surface area contributed by atoms with E-state index in [0.717, 1.165) is 11.8 Å². The van der Waals surface area contributed by atoms with Crippen LogP contribution in [0.15, 0.2) is 0 Å². The van der Waals surface area contributed by atoms with Crippen LogP contribution in [0.1, 0.15) is 13.8 Å². The summed E-state index contributed by atoms with van der Waals surface area (Å²) in [6, 6.07) is -0.856. The average Bonchev–Trinajstić information content (AvgIpc) is 2.25. The molecule has 1 saturated heterocycles. The molecule has 2 N–H and O–H groups in total. The molecule has 0 aromatic carbocycles. The Kier molecular flexibility index (Phi) is 2.69. The molecule has 0 amide bonds. The third-order valence-electron chi connectivity index (χ3n) is 1.71. The van der Waals surface area contributed by atoms with Crippen molar-refractivity contribution in [1.29, 1.82) is 0 Å². The molecular weight excluding hydrogens is 214 g/mol. The number of carbonyl (C=O) groups is 1. The number of hydrogen-bond donors (Lipinski definition) is 2. The van der Waals surface area contributed by atoms with Crippen LogP contribution in [0.25, 0.3) is 0 Å². The topological polar surface area (TPSA) is 83.5 Å². The molecule has 74 valence electrons. The number of carboxylic acid groups (broad SMARTS) is 1. The molecule has 0 saturated carbocycles. The van der Waals surface area contributed by atoms with Gasteiger partial charge >= 0.3 is 5.97 Å². The van der Waals surface area contributed by atoms with E-state index in [4.69, 9.17) is 5.11 Å². The highest BCUT2D eigenvalue weighted by Gasteiger charge is 2.44. The molecule has 1 atom stereocenters. The van der Waals surface area contributed by atoms with Crippen LogP contribution < -0.4 is 5.32 Å². The zero-order valence-electron chi connectivity index (χ0n) is 7.07. The van der Waals surface area contributed by atoms with E-state index < -0.39 is 27.1 Å². The van der Waals surface area contributed by atoms with Crippen LogP contribution in [-0.2, 0) is 15.1 Å². The maximum Gasteiger partial charge on any atom is 0.322 e. The van der Waals surface area contributed by atoms with Crippen molar-refractivity contribution in [3.05, 3.63) is 0 Å². The first kappa shape index (κ1) is 10.6. The van der Waals surface area contributed by atoms with Gasteiger partial charge in [-0.3, -0.25) is 10.1 Å². The van der Waals surface area contributed by atoms with Crippen LogP contribution in [0.5, 0.6) is 0 Å². The summed E-state index contributed by atoms with van der Waals surface area (Å²) in [5, 5.41) is 11.2. The zero-order valence-corrected chi connectivity index (χ0v) is 8.70. The van der Waals surface area contributed by atoms with Gasteiger partial charge in [-0.1, -0.05) is 11.8 Å². The summed E-state index contributed by atoms with van der Waals surface area (Å²) in [6.07, 6.45) is 0. The number of carboxylic acids is 1. The van der Waals surface area contributed by atoms with Crippen molar-refractivity contribution in [2.45, 2.75) is 24.6 Å². The predicted molar refractivity (Wildman–Crippen MR) is 50.2 cm³/mol. The van der Waals surface area contributed by atoms with Gasteiger partial charge in [0.25, 0.3) is 0 Å². The Morgan fingerprint density at radius 3 is 2.38 bits per heavy atom. The third kappa shape index (κ3) is 2.04. The summed E-state index contributed by atoms with van der Waals surface area (Å²) in [6.45, 7) is 3.37. The largest absolute Gasteiger partial charge is 0.480 e. The molecule has 0 aromatic heterocycles. The van der Waals surface area contributed by atoms with Crippen molar-refractivity contribution in [3.63, 3.8) is 0 Å². The summed E-state index contributed by atoms with van der Waals surface area (Å²) < 4.78 is 20.4. The fraction of sp³-hybridized carbons (Fsp3) is 0.667. The van der Waals surface area contributed by atoms with Crippen LogP contribution in [0, 0.1) is 0 Å². The number of thioether (sulfide) groups is 1. The first-order valence-electron chi connectivity index (χ1n) is 3.49. The summed E-state index contributed by atoms with van der Waals surface area (Å²) in [4.78, 5) is 10.7. The van der Waals surface area contributed by atoms with Gasteiger partial charge in [0.2, 0.25) is 10.3 Å². The van der Waals surface area contributed by atoms with Gasteiger partial charge in [-0.05, 0) is 13.8 Å². The van der Waals surface area contributed by atoms with Gasteiger partial charge in [0.15, 0.2) is 4.32 Å². The molecule has 0 spiro atoms. The highest BCUT2D eigenvalue weighted by molar-refractivity contribution is 8.23. The Hall–Kier alpha value is -0.530. The average molecular weight is 223 g/mol. The van der Waals surface area contributed by atoms with Crippen molar-refractivity contribution < 1.29 is 18.3 Å². The van der Waals surface area contributed by atoms with Crippen LogP contribution >= 0.6 is 11.8 Å². The fourth-order valence-electron chi connectivity index (χ4n) is 1.06. The molecule has 13 heavy (non-hydrogen) atoms. The van der Waals surface area contributed by atoms with E-state index >= 15 is 0 Å². The van der Waals surface area contributed by atoms with Gasteiger partial charge in [-0.15, -0.1) is 0 Å². The molecule has 0 aliphatic carbocycles. The summed E-state index contributed by atoms with van der Waals surface area (Å²) >= 11 is 1.02. The van der Waals surface area contributed by atoms with E-state index in [1.165, 1.54) is 0 Å². The van der Waals surface area contributed by atoms with Gasteiger partial charge in [0.05, 0.1) is 0 Å². The molecule has 1 unspecified atom stereocenters. The standard InChI is InChI=1S/C6H9NO4S2/c1-6(2)3(4(8)9)7-5(12-6)13(10)11/h3,7H,1-2H3,(H,8,9). The molecule has 1 aliphatic heterocycles. The monoisotopic (exact) mass is 223 g/mol. The molecule has 0 radical (unpaired) electrons. The minimum Gasteiger partial charge on any atom is -0.480 e. The van der Waals surface area contributed by atoms with Crippen LogP contribution in [0.2, 0.25) is 0 Å². The van der Waals surface area contributed by atoms with Gasteiger partial charge in [0.1, 0.15) is 6.04 Å². The van der Waals surface area contributed by atoms with E-state index in [2.05, 4.69) is 5.32 Å². The zero-order chi connectivity index (χ0) is 10.2. The smallest absolute Gasteiger partial charge is 0.322 e. The van der Waals surface area contributed by atoms with E-state index in [1.54, 1.807) is 13.8 Å². The van der Waals surface area contributed by atoms with E-state index in [0.29, 0.717) is 0 Å². The lowest BCUT2D eigenvalue weighted by Gasteiger charge is -2.19. The molecule has 0 bridgehead atoms. The molecule has 1 aliphatic rings. The van der Waals surface area contributed by atoms with Crippen molar-refractivity contribution in [3.8, 4) is 0 Å². The van der Waals surface area contributed by atoms with Crippen LogP contribution in [-0.4, -0.2) is 34.6 Å². The SMILES string of the molecule is CC1(C)SC(=S(=O)=O)NC1C(=O)O. The summed E-state index contributed by atoms with van der Waals surface area (Å²) in [7, 11) is -2.37. The molecule has 0 aromatic rings. The van der Waals surface area contributed by atoms with Crippen LogP contribution in [0.4, 0.5) is 0 Å². The van der Waals surface area contributed by atoms with Crippen molar-refractivity contribution >= 4 is 32.3 Å². The van der Waals surface area contributed by atoms with Crippen molar-refractivity contribution in [2.75, 3.05) is 0 Å². The maximum atomic E-state index is 10.7. The quantitative estimate of drug-likeness (QED) is 0.584. The Labute approximate surface area is 81.0 Å². The second kappa shape index (κ2) is 3.32. The van der Waals surface area contributed by atoms with E-state index in [-0.39, 0.29) is 4.32 Å².